The van der Waals surface area contributed by atoms with Gasteiger partial charge in [0, 0.05) is 5.70 Å². The second-order valence-corrected chi connectivity index (χ2v) is 10.2. The van der Waals surface area contributed by atoms with Gasteiger partial charge < -0.3 is 34.7 Å². The molecule has 3 aromatic rings. The SMILES string of the molecule is CCOc1cc([C@@H]2NC(=O)NC(C)=C2C(=O)OC)ccc1OC[C@@H](O)N/N=C\c1ccc(OCc2ccccc2)c(Br)c1. The number of carbonyl (C=O) groups is 2. The van der Waals surface area contributed by atoms with Gasteiger partial charge in [-0.2, -0.15) is 5.10 Å². The number of esters is 1. The highest BCUT2D eigenvalue weighted by atomic mass is 79.9. The van der Waals surface area contributed by atoms with Crippen LogP contribution >= 0.6 is 15.9 Å². The van der Waals surface area contributed by atoms with E-state index in [0.29, 0.717) is 41.7 Å². The molecule has 3 aromatic carbocycles. The number of hydrogen-bond acceptors (Lipinski definition) is 9. The Bertz CT molecular complexity index is 1500. The standard InChI is InChI=1S/C31H33BrN4O7/c1-4-41-26-15-22(29-28(30(38)40-3)19(2)34-31(39)35-29)11-13-25(26)43-18-27(37)36-33-16-21-10-12-24(23(32)14-21)42-17-20-8-6-5-7-9-20/h5-16,27,29,36-37H,4,17-18H2,1-3H3,(H2,34,35,39)/b33-16-/t27-,29+/m1/s1. The Labute approximate surface area is 258 Å². The molecule has 0 saturated carbocycles. The van der Waals surface area contributed by atoms with Crippen LogP contribution in [0, 0.1) is 0 Å². The first-order valence-corrected chi connectivity index (χ1v) is 14.3. The molecule has 43 heavy (non-hydrogen) atoms. The quantitative estimate of drug-likeness (QED) is 0.0913. The first-order chi connectivity index (χ1) is 20.8. The van der Waals surface area contributed by atoms with E-state index in [4.69, 9.17) is 18.9 Å². The van der Waals surface area contributed by atoms with E-state index < -0.39 is 24.3 Å². The smallest absolute Gasteiger partial charge is 0.337 e. The summed E-state index contributed by atoms with van der Waals surface area (Å²) in [5.74, 6) is 0.882. The van der Waals surface area contributed by atoms with Crippen LogP contribution in [0.3, 0.4) is 0 Å². The van der Waals surface area contributed by atoms with Crippen LogP contribution in [-0.2, 0) is 16.1 Å². The molecule has 0 spiro atoms. The van der Waals surface area contributed by atoms with E-state index >= 15 is 0 Å². The van der Waals surface area contributed by atoms with Crippen molar-refractivity contribution in [2.75, 3.05) is 20.3 Å². The fourth-order valence-corrected chi connectivity index (χ4v) is 4.78. The van der Waals surface area contributed by atoms with Gasteiger partial charge in [0.2, 0.25) is 0 Å². The maximum atomic E-state index is 12.4. The third kappa shape index (κ3) is 8.49. The second kappa shape index (κ2) is 15.1. The lowest BCUT2D eigenvalue weighted by atomic mass is 9.95. The number of methoxy groups -OCH3 is 1. The third-order valence-electron chi connectivity index (χ3n) is 6.30. The van der Waals surface area contributed by atoms with Gasteiger partial charge in [-0.25, -0.2) is 9.59 Å². The Balaban J connectivity index is 1.35. The summed E-state index contributed by atoms with van der Waals surface area (Å²) < 4.78 is 23.1. The number of aliphatic hydroxyl groups excluding tert-OH is 1. The molecule has 0 aromatic heterocycles. The van der Waals surface area contributed by atoms with E-state index in [1.54, 1.807) is 31.3 Å². The van der Waals surface area contributed by atoms with Crippen molar-refractivity contribution in [3.63, 3.8) is 0 Å². The van der Waals surface area contributed by atoms with E-state index in [9.17, 15) is 14.7 Å². The number of nitrogens with zero attached hydrogens (tertiary/aromatic N) is 1. The minimum atomic E-state index is -1.12. The zero-order valence-corrected chi connectivity index (χ0v) is 25.5. The van der Waals surface area contributed by atoms with Crippen molar-refractivity contribution in [3.05, 3.63) is 99.2 Å². The van der Waals surface area contributed by atoms with Gasteiger partial charge in [0.15, 0.2) is 17.7 Å². The first kappa shape index (κ1) is 31.4. The Kier molecular flexibility index (Phi) is 11.0. The lowest BCUT2D eigenvalue weighted by Gasteiger charge is -2.28. The number of halogens is 1. The molecule has 0 bridgehead atoms. The number of rotatable bonds is 13. The fourth-order valence-electron chi connectivity index (χ4n) is 4.27. The highest BCUT2D eigenvalue weighted by Crippen LogP contribution is 2.35. The zero-order valence-electron chi connectivity index (χ0n) is 23.9. The second-order valence-electron chi connectivity index (χ2n) is 9.38. The van der Waals surface area contributed by atoms with Crippen molar-refractivity contribution in [1.82, 2.24) is 16.1 Å². The number of allylic oxidation sites excluding steroid dienone is 1. The highest BCUT2D eigenvalue weighted by molar-refractivity contribution is 9.10. The van der Waals surface area contributed by atoms with Crippen LogP contribution in [0.4, 0.5) is 4.79 Å². The summed E-state index contributed by atoms with van der Waals surface area (Å²) >= 11 is 3.52. The molecule has 1 heterocycles. The van der Waals surface area contributed by atoms with Crippen LogP contribution < -0.4 is 30.3 Å². The van der Waals surface area contributed by atoms with Crippen LogP contribution in [0.1, 0.15) is 36.6 Å². The van der Waals surface area contributed by atoms with E-state index in [-0.39, 0.29) is 12.2 Å². The van der Waals surface area contributed by atoms with Crippen molar-refractivity contribution in [2.24, 2.45) is 5.10 Å². The Morgan fingerprint density at radius 2 is 1.84 bits per heavy atom. The number of benzene rings is 3. The molecule has 2 amide bonds. The molecule has 4 rings (SSSR count). The van der Waals surface area contributed by atoms with Gasteiger partial charge in [-0.05, 0) is 76.8 Å². The molecule has 226 valence electrons. The van der Waals surface area contributed by atoms with E-state index in [1.165, 1.54) is 7.11 Å². The molecular formula is C31H33BrN4O7. The summed E-state index contributed by atoms with van der Waals surface area (Å²) in [5, 5.41) is 19.8. The Morgan fingerprint density at radius 3 is 2.56 bits per heavy atom. The molecule has 1 aliphatic heterocycles. The summed E-state index contributed by atoms with van der Waals surface area (Å²) in [7, 11) is 1.28. The molecule has 2 atom stereocenters. The molecule has 0 radical (unpaired) electrons. The van der Waals surface area contributed by atoms with Crippen LogP contribution in [-0.4, -0.2) is 49.9 Å². The van der Waals surface area contributed by atoms with Crippen molar-refractivity contribution in [1.29, 1.82) is 0 Å². The monoisotopic (exact) mass is 652 g/mol. The van der Waals surface area contributed by atoms with Gasteiger partial charge in [-0.3, -0.25) is 5.43 Å². The number of hydrazone groups is 1. The van der Waals surface area contributed by atoms with Gasteiger partial charge >= 0.3 is 12.0 Å². The number of amides is 2. The number of urea groups is 1. The Morgan fingerprint density at radius 1 is 1.07 bits per heavy atom. The van der Waals surface area contributed by atoms with Gasteiger partial charge in [-0.1, -0.05) is 36.4 Å². The largest absolute Gasteiger partial charge is 0.490 e. The van der Waals surface area contributed by atoms with Gasteiger partial charge in [-0.15, -0.1) is 0 Å². The molecule has 12 heteroatoms. The van der Waals surface area contributed by atoms with Crippen molar-refractivity contribution >= 4 is 34.1 Å². The minimum Gasteiger partial charge on any atom is -0.490 e. The first-order valence-electron chi connectivity index (χ1n) is 13.5. The summed E-state index contributed by atoms with van der Waals surface area (Å²) in [6.45, 7) is 4.11. The summed E-state index contributed by atoms with van der Waals surface area (Å²) in [5.41, 5.74) is 5.75. The zero-order chi connectivity index (χ0) is 30.8. The van der Waals surface area contributed by atoms with Crippen LogP contribution in [0.5, 0.6) is 17.2 Å². The van der Waals surface area contributed by atoms with Gasteiger partial charge in [0.25, 0.3) is 0 Å². The molecule has 0 saturated heterocycles. The molecular weight excluding hydrogens is 620 g/mol. The molecule has 0 unspecified atom stereocenters. The average molecular weight is 654 g/mol. The van der Waals surface area contributed by atoms with Gasteiger partial charge in [0.05, 0.1) is 36.0 Å². The maximum Gasteiger partial charge on any atom is 0.337 e. The number of hydrogen-bond donors (Lipinski definition) is 4. The predicted molar refractivity (Wildman–Crippen MR) is 164 cm³/mol. The van der Waals surface area contributed by atoms with Crippen molar-refractivity contribution in [2.45, 2.75) is 32.7 Å². The molecule has 0 aliphatic carbocycles. The van der Waals surface area contributed by atoms with Crippen molar-refractivity contribution in [3.8, 4) is 17.2 Å². The topological polar surface area (TPSA) is 140 Å². The summed E-state index contributed by atoms with van der Waals surface area (Å²) in [6, 6.07) is 19.3. The molecule has 1 aliphatic rings. The average Bonchev–Trinajstić information content (AvgIpc) is 3.00. The lowest BCUT2D eigenvalue weighted by molar-refractivity contribution is -0.136. The number of carbonyl (C=O) groups excluding carboxylic acids is 2. The van der Waals surface area contributed by atoms with Crippen molar-refractivity contribution < 1.29 is 33.6 Å². The van der Waals surface area contributed by atoms with Gasteiger partial charge in [0.1, 0.15) is 19.0 Å². The normalized spacial score (nSPS) is 15.4. The fraction of sp³-hybridized carbons (Fsp3) is 0.258. The summed E-state index contributed by atoms with van der Waals surface area (Å²) in [4.78, 5) is 24.6. The maximum absolute atomic E-state index is 12.4. The molecule has 11 nitrogen and oxygen atoms in total. The van der Waals surface area contributed by atoms with Crippen LogP contribution in [0.15, 0.2) is 87.6 Å². The number of nitrogens with one attached hydrogen (secondary N) is 3. The van der Waals surface area contributed by atoms with E-state index in [1.807, 2.05) is 55.5 Å². The molecule has 4 N–H and O–H groups in total. The van der Waals surface area contributed by atoms with E-state index in [0.717, 1.165) is 15.6 Å². The summed E-state index contributed by atoms with van der Waals surface area (Å²) in [6.07, 6.45) is 0.444. The van der Waals surface area contributed by atoms with Crippen LogP contribution in [0.2, 0.25) is 0 Å². The minimum absolute atomic E-state index is 0.136. The number of ether oxygens (including phenoxy) is 4. The lowest BCUT2D eigenvalue weighted by Crippen LogP contribution is -2.45. The number of aliphatic hydroxyl groups is 1. The third-order valence-corrected chi connectivity index (χ3v) is 6.92. The Hall–Kier alpha value is -4.55. The molecule has 0 fully saturated rings. The van der Waals surface area contributed by atoms with Crippen LogP contribution in [0.25, 0.3) is 0 Å². The predicted octanol–water partition coefficient (Wildman–Crippen LogP) is 4.55. The van der Waals surface area contributed by atoms with E-state index in [2.05, 4.69) is 37.1 Å². The highest BCUT2D eigenvalue weighted by Gasteiger charge is 2.32.